The smallest absolute Gasteiger partial charge is 0.435 e. The minimum atomic E-state index is -4.94. The molecule has 0 saturated carbocycles. The van der Waals surface area contributed by atoms with E-state index in [1.54, 1.807) is 0 Å². The largest absolute Gasteiger partial charge is 0.494 e. The number of nitrogens with one attached hydrogen (secondary N) is 2. The number of amidine groups is 1. The average Bonchev–Trinajstić information content (AvgIpc) is 3.47. The van der Waals surface area contributed by atoms with Crippen molar-refractivity contribution >= 4 is 29.1 Å². The molecular formula is C23H17F6N7O2. The topological polar surface area (TPSA) is 105 Å². The van der Waals surface area contributed by atoms with Crippen molar-refractivity contribution in [3.63, 3.8) is 0 Å². The van der Waals surface area contributed by atoms with Crippen molar-refractivity contribution in [2.75, 3.05) is 7.11 Å². The number of guanidine groups is 1. The van der Waals surface area contributed by atoms with Gasteiger partial charge in [0.2, 0.25) is 5.96 Å². The monoisotopic (exact) mass is 537 g/mol. The highest BCUT2D eigenvalue weighted by atomic mass is 19.4. The Morgan fingerprint density at radius 3 is 2.55 bits per heavy atom. The van der Waals surface area contributed by atoms with Gasteiger partial charge in [0.05, 0.1) is 24.8 Å². The van der Waals surface area contributed by atoms with E-state index in [-0.39, 0.29) is 18.0 Å². The van der Waals surface area contributed by atoms with Crippen LogP contribution in [0.15, 0.2) is 57.7 Å². The molecule has 1 aromatic heterocycles. The number of carbonyl (C=O) groups excluding carboxylic acids is 1. The highest BCUT2D eigenvalue weighted by molar-refractivity contribution is 6.18. The molecule has 0 aliphatic carbocycles. The molecule has 4 rings (SSSR count). The third-order valence-electron chi connectivity index (χ3n) is 5.08. The molecule has 2 N–H and O–H groups in total. The molecule has 0 saturated heterocycles. The van der Waals surface area contributed by atoms with Crippen LogP contribution in [-0.4, -0.2) is 40.3 Å². The first-order valence-corrected chi connectivity index (χ1v) is 10.6. The highest BCUT2D eigenvalue weighted by Crippen LogP contribution is 2.30. The Kier molecular flexibility index (Phi) is 7.19. The lowest BCUT2D eigenvalue weighted by molar-refractivity contribution is -0.141. The number of alkyl halides is 3. The second kappa shape index (κ2) is 10.4. The molecule has 9 nitrogen and oxygen atoms in total. The van der Waals surface area contributed by atoms with Crippen molar-refractivity contribution in [2.24, 2.45) is 22.1 Å². The van der Waals surface area contributed by atoms with Gasteiger partial charge in [-0.15, -0.1) is 0 Å². The highest BCUT2D eigenvalue weighted by Gasteiger charge is 2.39. The molecule has 0 atom stereocenters. The molecule has 3 aromatic rings. The Morgan fingerprint density at radius 2 is 1.89 bits per heavy atom. The maximum atomic E-state index is 14.2. The molecule has 0 fully saturated rings. The van der Waals surface area contributed by atoms with E-state index in [0.29, 0.717) is 17.3 Å². The number of aromatic nitrogens is 2. The maximum Gasteiger partial charge on any atom is 0.435 e. The Bertz CT molecular complexity index is 1490. The van der Waals surface area contributed by atoms with Crippen molar-refractivity contribution in [3.05, 3.63) is 76.9 Å². The quantitative estimate of drug-likeness (QED) is 0.297. The summed E-state index contributed by atoms with van der Waals surface area (Å²) in [5, 5.41) is 9.40. The summed E-state index contributed by atoms with van der Waals surface area (Å²) in [4.78, 5) is 20.6. The normalized spacial score (nSPS) is 14.9. The van der Waals surface area contributed by atoms with Gasteiger partial charge in [-0.1, -0.05) is 0 Å². The zero-order chi connectivity index (χ0) is 27.6. The van der Waals surface area contributed by atoms with Gasteiger partial charge in [-0.05, 0) is 30.3 Å². The third kappa shape index (κ3) is 5.82. The number of amides is 1. The van der Waals surface area contributed by atoms with Crippen molar-refractivity contribution in [1.29, 1.82) is 0 Å². The lowest BCUT2D eigenvalue weighted by Gasteiger charge is -2.08. The van der Waals surface area contributed by atoms with Crippen LogP contribution in [0.2, 0.25) is 0 Å². The minimum absolute atomic E-state index is 0.0151. The predicted molar refractivity (Wildman–Crippen MR) is 124 cm³/mol. The van der Waals surface area contributed by atoms with Gasteiger partial charge in [0.1, 0.15) is 17.3 Å². The maximum absolute atomic E-state index is 14.2. The Labute approximate surface area is 210 Å². The Balaban J connectivity index is 1.65. The average molecular weight is 537 g/mol. The number of carbonyl (C=O) groups is 1. The summed E-state index contributed by atoms with van der Waals surface area (Å²) in [6, 6.07) is 6.47. The molecule has 38 heavy (non-hydrogen) atoms. The van der Waals surface area contributed by atoms with E-state index in [0.717, 1.165) is 23.0 Å². The van der Waals surface area contributed by atoms with E-state index in [2.05, 4.69) is 30.9 Å². The minimum Gasteiger partial charge on any atom is -0.494 e. The number of hydrogen-bond donors (Lipinski definition) is 2. The van der Waals surface area contributed by atoms with E-state index in [9.17, 15) is 31.1 Å². The van der Waals surface area contributed by atoms with Gasteiger partial charge < -0.3 is 4.74 Å². The molecule has 0 unspecified atom stereocenters. The fourth-order valence-corrected chi connectivity index (χ4v) is 3.37. The number of rotatable bonds is 4. The van der Waals surface area contributed by atoms with Crippen LogP contribution in [0, 0.1) is 17.5 Å². The first kappa shape index (κ1) is 26.4. The SMILES string of the molecule is COc1ccc(C2=NNC(=NC(=Nc3ccc(F)cc3F)NC(=O)c3cn(C)nc3C(F)(F)F)C2)cc1F. The molecule has 1 amide bonds. The molecule has 2 heterocycles. The Hall–Kier alpha value is -4.69. The standard InChI is InChI=1S/C23H17F6N7O2/c1-36-10-13(20(35-36)23(27,28)29)21(37)32-22(30-16-5-4-12(24)8-14(16)25)31-19-9-17(33-34-19)11-3-6-18(38-2)15(26)7-11/h3-8,10H,9H2,1-2H3,(H2,30,31,32,34,37). The lowest BCUT2D eigenvalue weighted by atomic mass is 10.1. The van der Waals surface area contributed by atoms with E-state index >= 15 is 0 Å². The molecule has 2 aromatic carbocycles. The lowest BCUT2D eigenvalue weighted by Crippen LogP contribution is -2.32. The summed E-state index contributed by atoms with van der Waals surface area (Å²) >= 11 is 0. The van der Waals surface area contributed by atoms with E-state index < -0.39 is 52.4 Å². The molecule has 1 aliphatic heterocycles. The van der Waals surface area contributed by atoms with Crippen LogP contribution in [0.5, 0.6) is 5.75 Å². The molecule has 0 radical (unpaired) electrons. The van der Waals surface area contributed by atoms with E-state index in [1.807, 2.05) is 0 Å². The number of methoxy groups -OCH3 is 1. The van der Waals surface area contributed by atoms with Crippen LogP contribution < -0.4 is 15.5 Å². The summed E-state index contributed by atoms with van der Waals surface area (Å²) in [6.07, 6.45) is -4.13. The zero-order valence-corrected chi connectivity index (χ0v) is 19.6. The summed E-state index contributed by atoms with van der Waals surface area (Å²) in [7, 11) is 2.50. The van der Waals surface area contributed by atoms with Gasteiger partial charge >= 0.3 is 6.18 Å². The van der Waals surface area contributed by atoms with Crippen LogP contribution >= 0.6 is 0 Å². The fraction of sp³-hybridized carbons (Fsp3) is 0.174. The zero-order valence-electron chi connectivity index (χ0n) is 19.6. The Morgan fingerprint density at radius 1 is 1.13 bits per heavy atom. The van der Waals surface area contributed by atoms with Crippen LogP contribution in [0.1, 0.15) is 28.0 Å². The number of aliphatic imine (C=N–C) groups is 2. The van der Waals surface area contributed by atoms with E-state index in [4.69, 9.17) is 4.74 Å². The number of nitrogens with zero attached hydrogens (tertiary/aromatic N) is 5. The molecule has 1 aliphatic rings. The van der Waals surface area contributed by atoms with Crippen molar-refractivity contribution in [1.82, 2.24) is 20.5 Å². The molecule has 0 bridgehead atoms. The number of hydrogen-bond acceptors (Lipinski definition) is 5. The van der Waals surface area contributed by atoms with E-state index in [1.165, 1.54) is 32.4 Å². The van der Waals surface area contributed by atoms with Crippen LogP contribution in [0.4, 0.5) is 32.0 Å². The van der Waals surface area contributed by atoms with Crippen molar-refractivity contribution < 1.29 is 35.9 Å². The molecule has 15 heteroatoms. The summed E-state index contributed by atoms with van der Waals surface area (Å²) in [5.74, 6) is -4.51. The molecule has 0 spiro atoms. The summed E-state index contributed by atoms with van der Waals surface area (Å²) in [5.41, 5.74) is 0.506. The second-order valence-electron chi connectivity index (χ2n) is 7.80. The van der Waals surface area contributed by atoms with Crippen LogP contribution in [0.25, 0.3) is 0 Å². The number of halogens is 6. The number of aryl methyl sites for hydroxylation is 1. The summed E-state index contributed by atoms with van der Waals surface area (Å²) < 4.78 is 87.4. The van der Waals surface area contributed by atoms with Gasteiger partial charge in [0.15, 0.2) is 23.1 Å². The van der Waals surface area contributed by atoms with Crippen LogP contribution in [0.3, 0.4) is 0 Å². The first-order valence-electron chi connectivity index (χ1n) is 10.6. The van der Waals surface area contributed by atoms with Gasteiger partial charge in [-0.25, -0.2) is 18.2 Å². The predicted octanol–water partition coefficient (Wildman–Crippen LogP) is 4.08. The van der Waals surface area contributed by atoms with Gasteiger partial charge in [0.25, 0.3) is 5.91 Å². The van der Waals surface area contributed by atoms with Crippen molar-refractivity contribution in [2.45, 2.75) is 12.6 Å². The van der Waals surface area contributed by atoms with Gasteiger partial charge in [0, 0.05) is 24.9 Å². The van der Waals surface area contributed by atoms with Crippen LogP contribution in [-0.2, 0) is 13.2 Å². The van der Waals surface area contributed by atoms with Gasteiger partial charge in [-0.2, -0.15) is 28.4 Å². The first-order chi connectivity index (χ1) is 17.9. The molecule has 198 valence electrons. The summed E-state index contributed by atoms with van der Waals surface area (Å²) in [6.45, 7) is 0. The van der Waals surface area contributed by atoms with Crippen molar-refractivity contribution in [3.8, 4) is 5.75 Å². The third-order valence-corrected chi connectivity index (χ3v) is 5.08. The molecular weight excluding hydrogens is 520 g/mol. The number of ether oxygens (including phenoxy) is 1. The fourth-order valence-electron chi connectivity index (χ4n) is 3.37. The number of benzene rings is 2. The number of hydrazone groups is 1. The second-order valence-corrected chi connectivity index (χ2v) is 7.80. The van der Waals surface area contributed by atoms with Gasteiger partial charge in [-0.3, -0.25) is 20.2 Å².